The van der Waals surface area contributed by atoms with Gasteiger partial charge < -0.3 is 10.2 Å². The van der Waals surface area contributed by atoms with Crippen LogP contribution in [0.25, 0.3) is 0 Å². The first-order valence-corrected chi connectivity index (χ1v) is 20.1. The summed E-state index contributed by atoms with van der Waals surface area (Å²) >= 11 is 3.53. The van der Waals surface area contributed by atoms with E-state index < -0.39 is 28.5 Å². The molecule has 1 N–H and O–H groups in total. The Morgan fingerprint density at radius 1 is 0.896 bits per heavy atom. The van der Waals surface area contributed by atoms with Gasteiger partial charge in [0, 0.05) is 24.0 Å². The highest BCUT2D eigenvalue weighted by atomic mass is 79.9. The molecule has 4 fully saturated rings. The van der Waals surface area contributed by atoms with Crippen LogP contribution in [0, 0.1) is 17.8 Å². The summed E-state index contributed by atoms with van der Waals surface area (Å²) in [6, 6.07) is 24.4. The number of amides is 2. The number of anilines is 1. The van der Waals surface area contributed by atoms with Crippen molar-refractivity contribution in [1.29, 1.82) is 0 Å². The second-order valence-corrected chi connectivity index (χ2v) is 17.3. The molecule has 0 aliphatic heterocycles. The smallest absolute Gasteiger partial charge is 0.244 e. The molecule has 7 nitrogen and oxygen atoms in total. The maximum absolute atomic E-state index is 14.5. The third-order valence-electron chi connectivity index (χ3n) is 10.8. The van der Waals surface area contributed by atoms with Crippen LogP contribution in [0.15, 0.2) is 83.3 Å². The molecule has 0 radical (unpaired) electrons. The summed E-state index contributed by atoms with van der Waals surface area (Å²) in [6.45, 7) is 2.31. The molecule has 9 heteroatoms. The molecule has 0 saturated heterocycles. The lowest BCUT2D eigenvalue weighted by Gasteiger charge is -2.57. The number of hydrogen-bond acceptors (Lipinski definition) is 4. The molecule has 3 aromatic rings. The van der Waals surface area contributed by atoms with Crippen LogP contribution >= 0.6 is 15.9 Å². The van der Waals surface area contributed by atoms with Crippen LogP contribution in [-0.4, -0.2) is 50.5 Å². The normalized spacial score (nSPS) is 23.4. The summed E-state index contributed by atoms with van der Waals surface area (Å²) < 4.78 is 28.7. The van der Waals surface area contributed by atoms with Crippen LogP contribution in [0.4, 0.5) is 5.69 Å². The third kappa shape index (κ3) is 7.99. The Balaban J connectivity index is 1.30. The number of sulfonamides is 1. The molecule has 4 aliphatic rings. The van der Waals surface area contributed by atoms with Crippen molar-refractivity contribution < 1.29 is 18.0 Å². The lowest BCUT2D eigenvalue weighted by atomic mass is 9.48. The van der Waals surface area contributed by atoms with Gasteiger partial charge in [-0.3, -0.25) is 13.9 Å². The van der Waals surface area contributed by atoms with Crippen molar-refractivity contribution in [2.45, 2.75) is 82.7 Å². The van der Waals surface area contributed by atoms with E-state index in [0.29, 0.717) is 18.7 Å². The summed E-state index contributed by atoms with van der Waals surface area (Å²) in [5.74, 6) is 1.74. The molecule has 48 heavy (non-hydrogen) atoms. The van der Waals surface area contributed by atoms with E-state index in [-0.39, 0.29) is 17.9 Å². The fraction of sp³-hybridized carbons (Fsp3) is 0.487. The molecule has 256 valence electrons. The topological polar surface area (TPSA) is 86.8 Å². The summed E-state index contributed by atoms with van der Waals surface area (Å²) in [4.78, 5) is 29.8. The Kier molecular flexibility index (Phi) is 10.7. The minimum absolute atomic E-state index is 0.152. The van der Waals surface area contributed by atoms with E-state index in [0.717, 1.165) is 52.5 Å². The first-order valence-electron chi connectivity index (χ1n) is 17.5. The minimum Gasteiger partial charge on any atom is -0.354 e. The summed E-state index contributed by atoms with van der Waals surface area (Å²) in [7, 11) is -3.83. The van der Waals surface area contributed by atoms with Crippen molar-refractivity contribution in [3.8, 4) is 0 Å². The van der Waals surface area contributed by atoms with Crippen molar-refractivity contribution in [3.63, 3.8) is 0 Å². The molecule has 4 saturated carbocycles. The van der Waals surface area contributed by atoms with Crippen molar-refractivity contribution in [2.75, 3.05) is 23.7 Å². The maximum atomic E-state index is 14.5. The van der Waals surface area contributed by atoms with Gasteiger partial charge in [0.15, 0.2) is 0 Å². The van der Waals surface area contributed by atoms with Gasteiger partial charge >= 0.3 is 0 Å². The van der Waals surface area contributed by atoms with Crippen LogP contribution in [-0.2, 0) is 38.0 Å². The van der Waals surface area contributed by atoms with E-state index in [4.69, 9.17) is 0 Å². The quantitative estimate of drug-likeness (QED) is 0.177. The zero-order valence-corrected chi connectivity index (χ0v) is 30.5. The summed E-state index contributed by atoms with van der Waals surface area (Å²) in [6.07, 6.45) is 10.9. The predicted octanol–water partition coefficient (Wildman–Crippen LogP) is 7.24. The molecule has 3 aromatic carbocycles. The second-order valence-electron chi connectivity index (χ2n) is 14.5. The minimum atomic E-state index is -3.83. The van der Waals surface area contributed by atoms with Crippen molar-refractivity contribution in [1.82, 2.24) is 10.2 Å². The molecule has 1 atom stereocenters. The van der Waals surface area contributed by atoms with E-state index >= 15 is 0 Å². The molecular formula is C39H48BrN3O4S. The maximum Gasteiger partial charge on any atom is 0.244 e. The highest BCUT2D eigenvalue weighted by molar-refractivity contribution is 9.10. The monoisotopic (exact) mass is 733 g/mol. The average Bonchev–Trinajstić information content (AvgIpc) is 3.04. The summed E-state index contributed by atoms with van der Waals surface area (Å²) in [5, 5.41) is 3.04. The highest BCUT2D eigenvalue weighted by Gasteiger charge is 2.51. The lowest BCUT2D eigenvalue weighted by molar-refractivity contribution is -0.140. The van der Waals surface area contributed by atoms with E-state index in [1.165, 1.54) is 48.4 Å². The number of nitrogens with one attached hydrogen (secondary N) is 1. The van der Waals surface area contributed by atoms with Gasteiger partial charge in [0.05, 0.1) is 11.9 Å². The van der Waals surface area contributed by atoms with Gasteiger partial charge in [-0.2, -0.15) is 0 Å². The van der Waals surface area contributed by atoms with E-state index in [9.17, 15) is 18.0 Å². The van der Waals surface area contributed by atoms with Gasteiger partial charge in [0.2, 0.25) is 21.8 Å². The summed E-state index contributed by atoms with van der Waals surface area (Å²) in [5.41, 5.74) is 3.71. The Morgan fingerprint density at radius 3 is 2.10 bits per heavy atom. The van der Waals surface area contributed by atoms with Gasteiger partial charge in [0.25, 0.3) is 0 Å². The molecule has 4 aliphatic carbocycles. The van der Waals surface area contributed by atoms with Gasteiger partial charge in [-0.25, -0.2) is 8.42 Å². The first kappa shape index (κ1) is 34.7. The Morgan fingerprint density at radius 2 is 1.52 bits per heavy atom. The van der Waals surface area contributed by atoms with E-state index in [2.05, 4.69) is 40.3 Å². The van der Waals surface area contributed by atoms with Gasteiger partial charge in [-0.05, 0) is 109 Å². The van der Waals surface area contributed by atoms with Crippen LogP contribution in [0.1, 0.15) is 75.0 Å². The SMILES string of the molecule is CCCCNC(=O)[C@H](Cc1ccccc1)N(Cc1cccc(Br)c1)C(=O)CN(c1ccc(C23CC4CC(CC(C4)C2)C3)cc1)S(C)(=O)=O. The second kappa shape index (κ2) is 14.8. The molecule has 0 aromatic heterocycles. The molecule has 7 rings (SSSR count). The fourth-order valence-electron chi connectivity index (χ4n) is 8.95. The molecule has 0 unspecified atom stereocenters. The number of nitrogens with zero attached hydrogens (tertiary/aromatic N) is 2. The zero-order chi connectivity index (χ0) is 33.9. The Bertz CT molecular complexity index is 1660. The fourth-order valence-corrected chi connectivity index (χ4v) is 10.2. The number of carbonyl (C=O) groups is 2. The van der Waals surface area contributed by atoms with Crippen molar-refractivity contribution in [2.24, 2.45) is 17.8 Å². The molecular weight excluding hydrogens is 686 g/mol. The Labute approximate surface area is 294 Å². The number of halogens is 1. The predicted molar refractivity (Wildman–Crippen MR) is 195 cm³/mol. The molecule has 0 heterocycles. The average molecular weight is 735 g/mol. The van der Waals surface area contributed by atoms with Crippen molar-refractivity contribution in [3.05, 3.63) is 100 Å². The number of hydrogen-bond donors (Lipinski definition) is 1. The van der Waals surface area contributed by atoms with Gasteiger partial charge in [-0.1, -0.05) is 83.9 Å². The van der Waals surface area contributed by atoms with Gasteiger partial charge in [-0.15, -0.1) is 0 Å². The van der Waals surface area contributed by atoms with E-state index in [1.807, 2.05) is 66.7 Å². The molecule has 0 spiro atoms. The van der Waals surface area contributed by atoms with Crippen LogP contribution in [0.2, 0.25) is 0 Å². The standard InChI is InChI=1S/C39H48BrN3O4S/c1-3-4-17-41-38(45)36(22-28-9-6-5-7-10-28)42(26-29-11-8-12-34(40)21-29)37(44)27-43(48(2,46)47)35-15-13-33(14-16-35)39-23-30-18-31(24-39)20-32(19-30)25-39/h5-16,21,30-32,36H,3-4,17-20,22-27H2,1-2H3,(H,41,45)/t30?,31?,32?,36-,39?/m0/s1. The zero-order valence-electron chi connectivity index (χ0n) is 28.1. The van der Waals surface area contributed by atoms with Crippen LogP contribution in [0.3, 0.4) is 0 Å². The molecule has 2 amide bonds. The van der Waals surface area contributed by atoms with Crippen LogP contribution in [0.5, 0.6) is 0 Å². The van der Waals surface area contributed by atoms with Crippen molar-refractivity contribution >= 4 is 43.5 Å². The number of rotatable bonds is 14. The number of unbranched alkanes of at least 4 members (excludes halogenated alkanes) is 1. The van der Waals surface area contributed by atoms with Crippen LogP contribution < -0.4 is 9.62 Å². The largest absolute Gasteiger partial charge is 0.354 e. The van der Waals surface area contributed by atoms with Gasteiger partial charge in [0.1, 0.15) is 12.6 Å². The third-order valence-corrected chi connectivity index (χ3v) is 12.5. The molecule has 4 bridgehead atoms. The first-order chi connectivity index (χ1) is 23.0. The van der Waals surface area contributed by atoms with E-state index in [1.54, 1.807) is 4.90 Å². The highest BCUT2D eigenvalue weighted by Crippen LogP contribution is 2.60. The number of benzene rings is 3. The number of carbonyl (C=O) groups excluding carboxylic acids is 2. The Hall–Kier alpha value is -3.17. The lowest BCUT2D eigenvalue weighted by Crippen LogP contribution is -2.53.